The number of benzene rings is 1. The van der Waals surface area contributed by atoms with Crippen molar-refractivity contribution in [1.29, 1.82) is 0 Å². The number of aromatic amines is 1. The molecule has 0 spiro atoms. The van der Waals surface area contributed by atoms with Gasteiger partial charge in [0.25, 0.3) is 0 Å². The van der Waals surface area contributed by atoms with Gasteiger partial charge in [-0.2, -0.15) is 0 Å². The summed E-state index contributed by atoms with van der Waals surface area (Å²) >= 11 is 0. The number of fused-ring (bicyclic) bond motifs is 1. The van der Waals surface area contributed by atoms with E-state index < -0.39 is 6.09 Å². The van der Waals surface area contributed by atoms with E-state index in [1.165, 1.54) is 7.11 Å². The summed E-state index contributed by atoms with van der Waals surface area (Å²) in [5.74, 6) is 0.251. The van der Waals surface area contributed by atoms with Crippen LogP contribution in [0.25, 0.3) is 10.9 Å². The number of esters is 1. The van der Waals surface area contributed by atoms with Crippen LogP contribution < -0.4 is 10.1 Å². The Morgan fingerprint density at radius 2 is 2.08 bits per heavy atom. The molecule has 0 saturated heterocycles. The van der Waals surface area contributed by atoms with Gasteiger partial charge in [-0.25, -0.2) is 4.79 Å². The average molecular weight is 332 g/mol. The molecular weight excluding hydrogens is 308 g/mol. The van der Waals surface area contributed by atoms with Crippen LogP contribution in [0.15, 0.2) is 24.4 Å². The molecule has 0 aliphatic carbocycles. The molecule has 1 heterocycles. The molecule has 1 amide bonds. The molecule has 0 radical (unpaired) electrons. The highest BCUT2D eigenvalue weighted by Gasteiger charge is 2.09. The van der Waals surface area contributed by atoms with Gasteiger partial charge in [-0.3, -0.25) is 4.79 Å². The summed E-state index contributed by atoms with van der Waals surface area (Å²) in [5.41, 5.74) is 1.90. The molecule has 0 saturated carbocycles. The van der Waals surface area contributed by atoms with Crippen LogP contribution in [0.2, 0.25) is 0 Å². The number of hydrogen-bond donors (Lipinski definition) is 2. The van der Waals surface area contributed by atoms with Gasteiger partial charge in [0.15, 0.2) is 0 Å². The van der Waals surface area contributed by atoms with Gasteiger partial charge in [0.05, 0.1) is 7.11 Å². The van der Waals surface area contributed by atoms with Crippen LogP contribution in [-0.2, 0) is 16.0 Å². The van der Waals surface area contributed by atoms with Gasteiger partial charge in [0, 0.05) is 36.1 Å². The predicted molar refractivity (Wildman–Crippen MR) is 92.2 cm³/mol. The van der Waals surface area contributed by atoms with E-state index in [2.05, 4.69) is 22.0 Å². The lowest BCUT2D eigenvalue weighted by Gasteiger charge is -2.06. The lowest BCUT2D eigenvalue weighted by molar-refractivity contribution is -0.140. The Morgan fingerprint density at radius 3 is 2.83 bits per heavy atom. The second-order valence-electron chi connectivity index (χ2n) is 5.62. The highest BCUT2D eigenvalue weighted by Crippen LogP contribution is 2.24. The van der Waals surface area contributed by atoms with Crippen molar-refractivity contribution in [3.05, 3.63) is 30.0 Å². The van der Waals surface area contributed by atoms with Crippen molar-refractivity contribution in [2.45, 2.75) is 39.0 Å². The minimum atomic E-state index is -0.442. The van der Waals surface area contributed by atoms with Crippen LogP contribution in [0.5, 0.6) is 5.75 Å². The Morgan fingerprint density at radius 1 is 1.25 bits per heavy atom. The molecule has 24 heavy (non-hydrogen) atoms. The van der Waals surface area contributed by atoms with Crippen molar-refractivity contribution in [3.8, 4) is 5.75 Å². The van der Waals surface area contributed by atoms with Crippen LogP contribution >= 0.6 is 0 Å². The first kappa shape index (κ1) is 17.8. The third kappa shape index (κ3) is 5.01. The number of unbranched alkanes of at least 4 members (excludes halogenated alkanes) is 2. The van der Waals surface area contributed by atoms with Crippen LogP contribution in [0.1, 0.15) is 38.2 Å². The maximum atomic E-state index is 11.7. The van der Waals surface area contributed by atoms with Crippen LogP contribution in [-0.4, -0.2) is 30.7 Å². The second kappa shape index (κ2) is 8.96. The molecule has 2 rings (SSSR count). The largest absolute Gasteiger partial charge is 0.469 e. The van der Waals surface area contributed by atoms with Crippen LogP contribution in [0.3, 0.4) is 0 Å². The lowest BCUT2D eigenvalue weighted by Crippen LogP contribution is -2.27. The number of aromatic nitrogens is 1. The second-order valence-corrected chi connectivity index (χ2v) is 5.62. The standard InChI is InChI=1S/C18H24N2O4/c1-3-4-5-10-19-18(22)24-14-7-8-15-13(6-9-17(21)23-2)12-20-16(15)11-14/h7-8,11-12,20H,3-6,9-10H2,1-2H3,(H,19,22). The minimum Gasteiger partial charge on any atom is -0.469 e. The normalized spacial score (nSPS) is 10.6. The van der Waals surface area contributed by atoms with Crippen molar-refractivity contribution >= 4 is 23.0 Å². The summed E-state index contributed by atoms with van der Waals surface area (Å²) in [6.07, 6.45) is 5.50. The molecule has 0 unspecified atom stereocenters. The molecule has 0 aliphatic rings. The fraction of sp³-hybridized carbons (Fsp3) is 0.444. The molecule has 6 heteroatoms. The monoisotopic (exact) mass is 332 g/mol. The Balaban J connectivity index is 1.94. The highest BCUT2D eigenvalue weighted by molar-refractivity contribution is 5.85. The van der Waals surface area contributed by atoms with Crippen LogP contribution in [0.4, 0.5) is 4.79 Å². The molecular formula is C18H24N2O4. The molecule has 2 N–H and O–H groups in total. The molecule has 2 aromatic rings. The molecule has 130 valence electrons. The Kier molecular flexibility index (Phi) is 6.66. The fourth-order valence-corrected chi connectivity index (χ4v) is 2.48. The number of amides is 1. The number of rotatable bonds is 8. The third-order valence-electron chi connectivity index (χ3n) is 3.83. The van der Waals surface area contributed by atoms with Crippen molar-refractivity contribution in [3.63, 3.8) is 0 Å². The zero-order valence-corrected chi connectivity index (χ0v) is 14.2. The fourth-order valence-electron chi connectivity index (χ4n) is 2.48. The van der Waals surface area contributed by atoms with Crippen molar-refractivity contribution in [2.24, 2.45) is 0 Å². The molecule has 6 nitrogen and oxygen atoms in total. The lowest BCUT2D eigenvalue weighted by atomic mass is 10.1. The van der Waals surface area contributed by atoms with Gasteiger partial charge in [0.2, 0.25) is 0 Å². The molecule has 0 fully saturated rings. The molecule has 0 bridgehead atoms. The SMILES string of the molecule is CCCCCNC(=O)Oc1ccc2c(CCC(=O)OC)c[nH]c2c1. The van der Waals surface area contributed by atoms with Gasteiger partial charge in [-0.15, -0.1) is 0 Å². The first-order valence-corrected chi connectivity index (χ1v) is 8.26. The van der Waals surface area contributed by atoms with E-state index in [9.17, 15) is 9.59 Å². The van der Waals surface area contributed by atoms with E-state index in [-0.39, 0.29) is 5.97 Å². The number of ether oxygens (including phenoxy) is 2. The minimum absolute atomic E-state index is 0.232. The van der Waals surface area contributed by atoms with Crippen LogP contribution in [0, 0.1) is 0 Å². The third-order valence-corrected chi connectivity index (χ3v) is 3.83. The molecule has 1 aromatic carbocycles. The topological polar surface area (TPSA) is 80.4 Å². The summed E-state index contributed by atoms with van der Waals surface area (Å²) in [4.78, 5) is 26.1. The number of nitrogens with one attached hydrogen (secondary N) is 2. The molecule has 1 aromatic heterocycles. The summed E-state index contributed by atoms with van der Waals surface area (Å²) in [5, 5.41) is 3.74. The van der Waals surface area contributed by atoms with E-state index in [1.807, 2.05) is 12.3 Å². The average Bonchev–Trinajstić information content (AvgIpc) is 2.99. The summed E-state index contributed by atoms with van der Waals surface area (Å²) in [6, 6.07) is 5.42. The molecule has 0 aliphatic heterocycles. The summed E-state index contributed by atoms with van der Waals surface area (Å²) in [6.45, 7) is 2.73. The van der Waals surface area contributed by atoms with Gasteiger partial charge >= 0.3 is 12.1 Å². The Bertz CT molecular complexity index is 693. The van der Waals surface area contributed by atoms with Gasteiger partial charge in [-0.05, 0) is 30.5 Å². The van der Waals surface area contributed by atoms with Crippen molar-refractivity contribution < 1.29 is 19.1 Å². The van der Waals surface area contributed by atoms with Crippen molar-refractivity contribution in [1.82, 2.24) is 10.3 Å². The van der Waals surface area contributed by atoms with E-state index in [4.69, 9.17) is 4.74 Å². The maximum Gasteiger partial charge on any atom is 0.412 e. The van der Waals surface area contributed by atoms with E-state index in [0.29, 0.717) is 25.1 Å². The first-order chi connectivity index (χ1) is 11.6. The highest BCUT2D eigenvalue weighted by atomic mass is 16.6. The van der Waals surface area contributed by atoms with E-state index in [1.54, 1.807) is 12.1 Å². The number of carbonyl (C=O) groups is 2. The van der Waals surface area contributed by atoms with Gasteiger partial charge in [-0.1, -0.05) is 19.8 Å². The number of aryl methyl sites for hydroxylation is 1. The smallest absolute Gasteiger partial charge is 0.412 e. The maximum absolute atomic E-state index is 11.7. The summed E-state index contributed by atoms with van der Waals surface area (Å²) in [7, 11) is 1.38. The zero-order chi connectivity index (χ0) is 17.4. The van der Waals surface area contributed by atoms with Gasteiger partial charge < -0.3 is 19.8 Å². The number of hydrogen-bond acceptors (Lipinski definition) is 4. The number of methoxy groups -OCH3 is 1. The Hall–Kier alpha value is -2.50. The Labute approximate surface area is 141 Å². The van der Waals surface area contributed by atoms with Crippen molar-refractivity contribution in [2.75, 3.05) is 13.7 Å². The van der Waals surface area contributed by atoms with E-state index >= 15 is 0 Å². The van der Waals surface area contributed by atoms with Gasteiger partial charge in [0.1, 0.15) is 5.75 Å². The molecule has 0 atom stereocenters. The predicted octanol–water partition coefficient (Wildman–Crippen LogP) is 3.55. The number of H-pyrrole nitrogens is 1. The summed E-state index contributed by atoms with van der Waals surface area (Å²) < 4.78 is 9.94. The van der Waals surface area contributed by atoms with E-state index in [0.717, 1.165) is 35.7 Å². The number of carbonyl (C=O) groups excluding carboxylic acids is 2. The zero-order valence-electron chi connectivity index (χ0n) is 14.2. The quantitative estimate of drug-likeness (QED) is 0.572. The first-order valence-electron chi connectivity index (χ1n) is 8.26.